The van der Waals surface area contributed by atoms with E-state index >= 15 is 0 Å². The minimum absolute atomic E-state index is 0.00564. The Kier molecular flexibility index (Phi) is 3.82. The van der Waals surface area contributed by atoms with Gasteiger partial charge in [-0.25, -0.2) is 0 Å². The molecule has 1 aromatic rings. The van der Waals surface area contributed by atoms with E-state index in [0.29, 0.717) is 17.0 Å². The van der Waals surface area contributed by atoms with Crippen LogP contribution in [0, 0.1) is 10.1 Å². The van der Waals surface area contributed by atoms with Crippen LogP contribution in [0.5, 0.6) is 0 Å². The van der Waals surface area contributed by atoms with Crippen LogP contribution in [0.4, 0.5) is 5.69 Å². The van der Waals surface area contributed by atoms with Crippen molar-refractivity contribution in [1.82, 2.24) is 0 Å². The van der Waals surface area contributed by atoms with Gasteiger partial charge in [-0.3, -0.25) is 10.1 Å². The number of benzene rings is 1. The van der Waals surface area contributed by atoms with Gasteiger partial charge in [0, 0.05) is 23.2 Å². The molecule has 0 aliphatic rings. The molecule has 2 N–H and O–H groups in total. The molecule has 0 aliphatic carbocycles. The second-order valence-electron chi connectivity index (χ2n) is 3.09. The molecule has 15 heavy (non-hydrogen) atoms. The highest BCUT2D eigenvalue weighted by molar-refractivity contribution is 6.31. The highest BCUT2D eigenvalue weighted by Crippen LogP contribution is 2.27. The molecule has 0 saturated heterocycles. The predicted octanol–water partition coefficient (Wildman–Crippen LogP) is 2.82. The van der Waals surface area contributed by atoms with E-state index in [2.05, 4.69) is 6.58 Å². The molecule has 5 heteroatoms. The van der Waals surface area contributed by atoms with E-state index < -0.39 is 4.92 Å². The molecule has 0 saturated carbocycles. The van der Waals surface area contributed by atoms with E-state index in [9.17, 15) is 10.1 Å². The van der Waals surface area contributed by atoms with Crippen molar-refractivity contribution >= 4 is 17.3 Å². The van der Waals surface area contributed by atoms with Crippen LogP contribution >= 0.6 is 11.6 Å². The molecule has 0 spiro atoms. The first kappa shape index (κ1) is 11.7. The maximum Gasteiger partial charge on any atom is 0.269 e. The molecule has 1 atom stereocenters. The van der Waals surface area contributed by atoms with Crippen molar-refractivity contribution in [1.29, 1.82) is 0 Å². The number of nitro benzene ring substituents is 1. The molecular formula is C10H11ClN2O2. The highest BCUT2D eigenvalue weighted by atomic mass is 35.5. The number of hydrogen-bond donors (Lipinski definition) is 1. The fourth-order valence-corrected chi connectivity index (χ4v) is 1.49. The van der Waals surface area contributed by atoms with E-state index in [0.717, 1.165) is 0 Å². The third kappa shape index (κ3) is 2.78. The van der Waals surface area contributed by atoms with Crippen LogP contribution in [-0.4, -0.2) is 4.92 Å². The summed E-state index contributed by atoms with van der Waals surface area (Å²) in [5.74, 6) is 0. The molecule has 1 aromatic carbocycles. The maximum absolute atomic E-state index is 10.5. The average molecular weight is 227 g/mol. The van der Waals surface area contributed by atoms with E-state index in [4.69, 9.17) is 17.3 Å². The molecule has 0 aliphatic heterocycles. The molecule has 1 rings (SSSR count). The van der Waals surface area contributed by atoms with Crippen molar-refractivity contribution in [3.05, 3.63) is 51.6 Å². The largest absolute Gasteiger partial charge is 0.324 e. The third-order valence-corrected chi connectivity index (χ3v) is 2.35. The van der Waals surface area contributed by atoms with Crippen molar-refractivity contribution in [2.24, 2.45) is 5.73 Å². The zero-order valence-corrected chi connectivity index (χ0v) is 8.78. The smallest absolute Gasteiger partial charge is 0.269 e. The summed E-state index contributed by atoms with van der Waals surface area (Å²) >= 11 is 5.89. The number of nitro groups is 1. The Labute approximate surface area is 92.5 Å². The van der Waals surface area contributed by atoms with Crippen molar-refractivity contribution in [3.63, 3.8) is 0 Å². The van der Waals surface area contributed by atoms with Crippen molar-refractivity contribution < 1.29 is 4.92 Å². The van der Waals surface area contributed by atoms with E-state index in [1.807, 2.05) is 0 Å². The lowest BCUT2D eigenvalue weighted by Gasteiger charge is -2.10. The first-order valence-corrected chi connectivity index (χ1v) is 4.74. The van der Waals surface area contributed by atoms with Crippen LogP contribution in [0.15, 0.2) is 30.9 Å². The molecule has 0 radical (unpaired) electrons. The minimum atomic E-state index is -0.472. The van der Waals surface area contributed by atoms with Crippen molar-refractivity contribution in [2.75, 3.05) is 0 Å². The molecule has 0 unspecified atom stereocenters. The molecular weight excluding hydrogens is 216 g/mol. The summed E-state index contributed by atoms with van der Waals surface area (Å²) in [6, 6.07) is 3.89. The molecule has 0 aromatic heterocycles. The number of non-ortho nitro benzene ring substituents is 1. The molecule has 0 bridgehead atoms. The van der Waals surface area contributed by atoms with Gasteiger partial charge < -0.3 is 5.73 Å². The standard InChI is InChI=1S/C10H11ClN2O2/c1-2-3-10(12)8-6-7(13(14)15)4-5-9(8)11/h2,4-6,10H,1,3,12H2/t10-/m0/s1. The lowest BCUT2D eigenvalue weighted by Crippen LogP contribution is -2.10. The van der Waals surface area contributed by atoms with Crippen molar-refractivity contribution in [3.8, 4) is 0 Å². The zero-order valence-electron chi connectivity index (χ0n) is 8.02. The summed E-state index contributed by atoms with van der Waals surface area (Å²) in [5, 5.41) is 11.0. The normalized spacial score (nSPS) is 12.1. The van der Waals surface area contributed by atoms with E-state index in [1.54, 1.807) is 6.08 Å². The van der Waals surface area contributed by atoms with Crippen LogP contribution in [-0.2, 0) is 0 Å². The first-order chi connectivity index (χ1) is 7.06. The lowest BCUT2D eigenvalue weighted by atomic mass is 10.0. The average Bonchev–Trinajstić information content (AvgIpc) is 2.18. The second-order valence-corrected chi connectivity index (χ2v) is 3.50. The SMILES string of the molecule is C=CC[C@H](N)c1cc([N+](=O)[O-])ccc1Cl. The summed E-state index contributed by atoms with van der Waals surface area (Å²) < 4.78 is 0. The number of nitrogens with two attached hydrogens (primary N) is 1. The third-order valence-electron chi connectivity index (χ3n) is 2.01. The Balaban J connectivity index is 3.09. The van der Waals surface area contributed by atoms with Crippen LogP contribution in [0.1, 0.15) is 18.0 Å². The number of nitrogens with zero attached hydrogens (tertiary/aromatic N) is 1. The summed E-state index contributed by atoms with van der Waals surface area (Å²) in [6.45, 7) is 3.56. The number of hydrogen-bond acceptors (Lipinski definition) is 3. The molecule has 4 nitrogen and oxygen atoms in total. The molecule has 80 valence electrons. The molecule has 0 amide bonds. The first-order valence-electron chi connectivity index (χ1n) is 4.36. The topological polar surface area (TPSA) is 69.2 Å². The van der Waals surface area contributed by atoms with Crippen molar-refractivity contribution in [2.45, 2.75) is 12.5 Å². The molecule has 0 fully saturated rings. The lowest BCUT2D eigenvalue weighted by molar-refractivity contribution is -0.384. The fraction of sp³-hybridized carbons (Fsp3) is 0.200. The minimum Gasteiger partial charge on any atom is -0.324 e. The number of halogens is 1. The van der Waals surface area contributed by atoms with Gasteiger partial charge in [-0.05, 0) is 18.1 Å². The summed E-state index contributed by atoms with van der Waals surface area (Å²) in [4.78, 5) is 10.1. The Hall–Kier alpha value is -1.39. The Morgan fingerprint density at radius 2 is 2.33 bits per heavy atom. The summed E-state index contributed by atoms with van der Waals surface area (Å²) in [6.07, 6.45) is 2.18. The van der Waals surface area contributed by atoms with Crippen LogP contribution in [0.3, 0.4) is 0 Å². The van der Waals surface area contributed by atoms with E-state index in [-0.39, 0.29) is 11.7 Å². The predicted molar refractivity (Wildman–Crippen MR) is 59.8 cm³/mol. The van der Waals surface area contributed by atoms with Crippen LogP contribution in [0.2, 0.25) is 5.02 Å². The van der Waals surface area contributed by atoms with Gasteiger partial charge in [0.25, 0.3) is 5.69 Å². The second kappa shape index (κ2) is 4.91. The molecule has 0 heterocycles. The van der Waals surface area contributed by atoms with Gasteiger partial charge in [0.05, 0.1) is 4.92 Å². The Morgan fingerprint density at radius 3 is 2.87 bits per heavy atom. The van der Waals surface area contributed by atoms with Gasteiger partial charge in [0.15, 0.2) is 0 Å². The fourth-order valence-electron chi connectivity index (χ4n) is 1.24. The van der Waals surface area contributed by atoms with Gasteiger partial charge in [0.2, 0.25) is 0 Å². The summed E-state index contributed by atoms with van der Waals surface area (Å²) in [7, 11) is 0. The monoisotopic (exact) mass is 226 g/mol. The van der Waals surface area contributed by atoms with Gasteiger partial charge >= 0.3 is 0 Å². The Bertz CT molecular complexity index is 393. The van der Waals surface area contributed by atoms with Crippen LogP contribution in [0.25, 0.3) is 0 Å². The van der Waals surface area contributed by atoms with Gasteiger partial charge in [0.1, 0.15) is 0 Å². The Morgan fingerprint density at radius 1 is 1.67 bits per heavy atom. The van der Waals surface area contributed by atoms with Gasteiger partial charge in [-0.2, -0.15) is 0 Å². The maximum atomic E-state index is 10.5. The van der Waals surface area contributed by atoms with Gasteiger partial charge in [-0.1, -0.05) is 17.7 Å². The quantitative estimate of drug-likeness (QED) is 0.488. The van der Waals surface area contributed by atoms with Gasteiger partial charge in [-0.15, -0.1) is 6.58 Å². The zero-order chi connectivity index (χ0) is 11.4. The summed E-state index contributed by atoms with van der Waals surface area (Å²) in [5.41, 5.74) is 6.37. The van der Waals surface area contributed by atoms with Crippen LogP contribution < -0.4 is 5.73 Å². The number of rotatable bonds is 4. The highest BCUT2D eigenvalue weighted by Gasteiger charge is 2.14. The van der Waals surface area contributed by atoms with E-state index in [1.165, 1.54) is 18.2 Å².